The van der Waals surface area contributed by atoms with Crippen LogP contribution in [0.5, 0.6) is 0 Å². The molecule has 0 bridgehead atoms. The van der Waals surface area contributed by atoms with Crippen LogP contribution in [0.4, 0.5) is 0 Å². The molecule has 0 aliphatic carbocycles. The molecule has 2 aromatic heterocycles. The third-order valence-corrected chi connectivity index (χ3v) is 5.19. The zero-order valence-electron chi connectivity index (χ0n) is 17.4. The lowest BCUT2D eigenvalue weighted by atomic mass is 9.95. The van der Waals surface area contributed by atoms with Gasteiger partial charge in [0.05, 0.1) is 18.7 Å². The molecule has 29 heavy (non-hydrogen) atoms. The predicted molar refractivity (Wildman–Crippen MR) is 107 cm³/mol. The van der Waals surface area contributed by atoms with Crippen molar-refractivity contribution >= 4 is 22.9 Å². The van der Waals surface area contributed by atoms with E-state index in [1.165, 1.54) is 10.9 Å². The first-order valence-electron chi connectivity index (χ1n) is 9.90. The van der Waals surface area contributed by atoms with Crippen LogP contribution in [-0.4, -0.2) is 59.1 Å². The number of piperidine rings is 1. The molecule has 0 aromatic carbocycles. The summed E-state index contributed by atoms with van der Waals surface area (Å²) in [5.41, 5.74) is 0.100. The Kier molecular flexibility index (Phi) is 6.36. The van der Waals surface area contributed by atoms with E-state index in [4.69, 9.17) is 9.15 Å². The molecule has 3 rings (SSSR count). The lowest BCUT2D eigenvalue weighted by Gasteiger charge is -2.31. The molecule has 9 nitrogen and oxygen atoms in total. The van der Waals surface area contributed by atoms with E-state index in [2.05, 4.69) is 10.3 Å². The van der Waals surface area contributed by atoms with Gasteiger partial charge in [0.2, 0.25) is 11.6 Å². The van der Waals surface area contributed by atoms with Gasteiger partial charge in [0, 0.05) is 32.2 Å². The van der Waals surface area contributed by atoms with Crippen LogP contribution in [0, 0.1) is 12.8 Å². The van der Waals surface area contributed by atoms with E-state index >= 15 is 0 Å². The van der Waals surface area contributed by atoms with Crippen LogP contribution >= 0.6 is 0 Å². The second kappa shape index (κ2) is 8.77. The van der Waals surface area contributed by atoms with Gasteiger partial charge in [0.15, 0.2) is 0 Å². The summed E-state index contributed by atoms with van der Waals surface area (Å²) in [6, 6.07) is 0.0925. The van der Waals surface area contributed by atoms with Crippen molar-refractivity contribution in [3.8, 4) is 0 Å². The Balaban J connectivity index is 1.82. The Morgan fingerprint density at radius 2 is 2.03 bits per heavy atom. The van der Waals surface area contributed by atoms with Gasteiger partial charge in [-0.25, -0.2) is 4.98 Å². The number of aromatic nitrogens is 2. The SMILES string of the molecule is COCCn1cnc2oc(C)c(C(=O)N3CCC(C(=O)NC(C)C)CC3)c2c1=O. The van der Waals surface area contributed by atoms with E-state index in [-0.39, 0.29) is 46.0 Å². The fraction of sp³-hybridized carbons (Fsp3) is 0.600. The minimum absolute atomic E-state index is 0.0299. The molecule has 9 heteroatoms. The Morgan fingerprint density at radius 3 is 2.66 bits per heavy atom. The molecule has 3 heterocycles. The summed E-state index contributed by atoms with van der Waals surface area (Å²) < 4.78 is 12.0. The standard InChI is InChI=1S/C20H28N4O5/c1-12(2)22-17(25)14-5-7-23(8-6-14)19(26)15-13(3)29-18-16(15)20(27)24(11-21-18)9-10-28-4/h11-12,14H,5-10H2,1-4H3,(H,22,25). The van der Waals surface area contributed by atoms with Crippen LogP contribution in [0.3, 0.4) is 0 Å². The van der Waals surface area contributed by atoms with Crippen molar-refractivity contribution in [1.82, 2.24) is 19.8 Å². The molecular formula is C20H28N4O5. The van der Waals surface area contributed by atoms with Crippen LogP contribution < -0.4 is 10.9 Å². The van der Waals surface area contributed by atoms with Gasteiger partial charge in [-0.1, -0.05) is 0 Å². The predicted octanol–water partition coefficient (Wildman–Crippen LogP) is 1.32. The second-order valence-corrected chi connectivity index (χ2v) is 7.68. The minimum Gasteiger partial charge on any atom is -0.442 e. The first kappa shape index (κ1) is 21.0. The summed E-state index contributed by atoms with van der Waals surface area (Å²) >= 11 is 0. The molecule has 0 unspecified atom stereocenters. The largest absolute Gasteiger partial charge is 0.442 e. The highest BCUT2D eigenvalue weighted by molar-refractivity contribution is 6.06. The van der Waals surface area contributed by atoms with Gasteiger partial charge in [0.25, 0.3) is 11.5 Å². The summed E-state index contributed by atoms with van der Waals surface area (Å²) in [5, 5.41) is 3.13. The first-order chi connectivity index (χ1) is 13.8. The van der Waals surface area contributed by atoms with Crippen LogP contribution in [0.2, 0.25) is 0 Å². The fourth-order valence-electron chi connectivity index (χ4n) is 3.65. The number of amides is 2. The summed E-state index contributed by atoms with van der Waals surface area (Å²) in [6.07, 6.45) is 2.59. The third-order valence-electron chi connectivity index (χ3n) is 5.19. The smallest absolute Gasteiger partial charge is 0.265 e. The van der Waals surface area contributed by atoms with Crippen molar-refractivity contribution in [3.05, 3.63) is 28.0 Å². The van der Waals surface area contributed by atoms with Crippen LogP contribution in [0.15, 0.2) is 15.5 Å². The van der Waals surface area contributed by atoms with E-state index in [1.807, 2.05) is 13.8 Å². The maximum atomic E-state index is 13.2. The van der Waals surface area contributed by atoms with Crippen LogP contribution in [-0.2, 0) is 16.1 Å². The monoisotopic (exact) mass is 404 g/mol. The zero-order valence-corrected chi connectivity index (χ0v) is 17.4. The molecule has 1 aliphatic rings. The molecule has 0 saturated carbocycles. The minimum atomic E-state index is -0.321. The van der Waals surface area contributed by atoms with Gasteiger partial charge in [-0.2, -0.15) is 0 Å². The van der Waals surface area contributed by atoms with E-state index < -0.39 is 0 Å². The number of carbonyl (C=O) groups is 2. The summed E-state index contributed by atoms with van der Waals surface area (Å²) in [6.45, 7) is 7.13. The molecule has 1 N–H and O–H groups in total. The number of furan rings is 1. The van der Waals surface area contributed by atoms with Crippen molar-refractivity contribution < 1.29 is 18.7 Å². The molecular weight excluding hydrogens is 376 g/mol. The molecule has 2 aromatic rings. The zero-order chi connectivity index (χ0) is 21.1. The number of aryl methyl sites for hydroxylation is 1. The number of hydrogen-bond acceptors (Lipinski definition) is 6. The number of carbonyl (C=O) groups excluding carboxylic acids is 2. The van der Waals surface area contributed by atoms with Gasteiger partial charge >= 0.3 is 0 Å². The maximum absolute atomic E-state index is 13.2. The van der Waals surface area contributed by atoms with E-state index in [0.717, 1.165) is 0 Å². The quantitative estimate of drug-likeness (QED) is 0.778. The second-order valence-electron chi connectivity index (χ2n) is 7.68. The molecule has 1 saturated heterocycles. The number of nitrogens with zero attached hydrogens (tertiary/aromatic N) is 3. The number of rotatable bonds is 6. The molecule has 1 fully saturated rings. The summed E-state index contributed by atoms with van der Waals surface area (Å²) in [5.74, 6) is 0.0463. The number of nitrogens with one attached hydrogen (secondary N) is 1. The lowest BCUT2D eigenvalue weighted by Crippen LogP contribution is -2.44. The van der Waals surface area contributed by atoms with Crippen LogP contribution in [0.1, 0.15) is 42.8 Å². The van der Waals surface area contributed by atoms with Crippen molar-refractivity contribution in [2.24, 2.45) is 5.92 Å². The highest BCUT2D eigenvalue weighted by Crippen LogP contribution is 2.25. The third kappa shape index (κ3) is 4.34. The maximum Gasteiger partial charge on any atom is 0.265 e. The van der Waals surface area contributed by atoms with Crippen molar-refractivity contribution in [2.75, 3.05) is 26.8 Å². The highest BCUT2D eigenvalue weighted by atomic mass is 16.5. The lowest BCUT2D eigenvalue weighted by molar-refractivity contribution is -0.126. The Labute approximate surface area is 169 Å². The Morgan fingerprint density at radius 1 is 1.34 bits per heavy atom. The number of fused-ring (bicyclic) bond motifs is 1. The van der Waals surface area contributed by atoms with E-state index in [0.29, 0.717) is 44.8 Å². The Bertz CT molecular complexity index is 954. The average molecular weight is 404 g/mol. The number of hydrogen-bond donors (Lipinski definition) is 1. The van der Waals surface area contributed by atoms with Gasteiger partial charge < -0.3 is 19.4 Å². The van der Waals surface area contributed by atoms with Gasteiger partial charge in [-0.05, 0) is 33.6 Å². The first-order valence-corrected chi connectivity index (χ1v) is 9.90. The molecule has 0 atom stereocenters. The summed E-state index contributed by atoms with van der Waals surface area (Å²) in [7, 11) is 1.55. The summed E-state index contributed by atoms with van der Waals surface area (Å²) in [4.78, 5) is 44.2. The van der Waals surface area contributed by atoms with E-state index in [9.17, 15) is 14.4 Å². The van der Waals surface area contributed by atoms with Crippen molar-refractivity contribution in [2.45, 2.75) is 46.2 Å². The molecule has 0 spiro atoms. The number of methoxy groups -OCH3 is 1. The highest BCUT2D eigenvalue weighted by Gasteiger charge is 2.31. The van der Waals surface area contributed by atoms with Crippen molar-refractivity contribution in [1.29, 1.82) is 0 Å². The number of ether oxygens (including phenoxy) is 1. The van der Waals surface area contributed by atoms with Gasteiger partial charge in [-0.3, -0.25) is 19.0 Å². The van der Waals surface area contributed by atoms with E-state index in [1.54, 1.807) is 18.9 Å². The van der Waals surface area contributed by atoms with Crippen LogP contribution in [0.25, 0.3) is 11.1 Å². The molecule has 0 radical (unpaired) electrons. The Hall–Kier alpha value is -2.68. The van der Waals surface area contributed by atoms with Gasteiger partial charge in [-0.15, -0.1) is 0 Å². The molecule has 158 valence electrons. The van der Waals surface area contributed by atoms with Gasteiger partial charge in [0.1, 0.15) is 17.5 Å². The number of likely N-dealkylation sites (tertiary alicyclic amines) is 1. The average Bonchev–Trinajstić information content (AvgIpc) is 3.03. The fourth-order valence-corrected chi connectivity index (χ4v) is 3.65. The normalized spacial score (nSPS) is 15.3. The molecule has 2 amide bonds. The topological polar surface area (TPSA) is 107 Å². The van der Waals surface area contributed by atoms with Crippen molar-refractivity contribution in [3.63, 3.8) is 0 Å². The molecule has 1 aliphatic heterocycles.